The van der Waals surface area contributed by atoms with Crippen molar-refractivity contribution in [2.45, 2.75) is 38.8 Å². The maximum Gasteiger partial charge on any atom is 0.224 e. The van der Waals surface area contributed by atoms with Gasteiger partial charge in [0.2, 0.25) is 5.95 Å². The first-order chi connectivity index (χ1) is 8.72. The third-order valence-corrected chi connectivity index (χ3v) is 3.19. The number of nitrogens with one attached hydrogen (secondary N) is 2. The highest BCUT2D eigenvalue weighted by Crippen LogP contribution is 2.29. The highest BCUT2D eigenvalue weighted by molar-refractivity contribution is 6.32. The molecule has 1 heterocycles. The van der Waals surface area contributed by atoms with Crippen LogP contribution < -0.4 is 10.6 Å². The summed E-state index contributed by atoms with van der Waals surface area (Å²) in [4.78, 5) is 8.45. The molecule has 2 N–H and O–H groups in total. The minimum atomic E-state index is 0.376. The summed E-state index contributed by atoms with van der Waals surface area (Å²) in [5, 5.41) is 6.95. The molecule has 0 aromatic carbocycles. The third-order valence-electron chi connectivity index (χ3n) is 2.92. The van der Waals surface area contributed by atoms with Crippen molar-refractivity contribution in [3.8, 4) is 0 Å². The molecule has 18 heavy (non-hydrogen) atoms. The lowest BCUT2D eigenvalue weighted by atomic mass is 9.89. The Labute approximate surface area is 112 Å². The second kappa shape index (κ2) is 6.20. The maximum atomic E-state index is 6.07. The number of hydrogen-bond acceptors (Lipinski definition) is 5. The lowest BCUT2D eigenvalue weighted by molar-refractivity contribution is 0.00293. The standard InChI is InChI=1S/C12H19ClN4O/c1-3-14-12-15-7-10(13)11(17-12)16-8-5-9(6-8)18-4-2/h7-9H,3-6H2,1-2H3,(H2,14,15,16,17). The first kappa shape index (κ1) is 13.4. The highest BCUT2D eigenvalue weighted by Gasteiger charge is 2.30. The summed E-state index contributed by atoms with van der Waals surface area (Å²) in [6.45, 7) is 5.58. The number of nitrogens with zero attached hydrogens (tertiary/aromatic N) is 2. The molecule has 0 aliphatic heterocycles. The number of ether oxygens (including phenoxy) is 1. The summed E-state index contributed by atoms with van der Waals surface area (Å²) >= 11 is 6.07. The van der Waals surface area contributed by atoms with Crippen LogP contribution in [0.1, 0.15) is 26.7 Å². The van der Waals surface area contributed by atoms with Crippen LogP contribution in [0, 0.1) is 0 Å². The van der Waals surface area contributed by atoms with Gasteiger partial charge in [-0.1, -0.05) is 11.6 Å². The van der Waals surface area contributed by atoms with Crippen LogP contribution in [-0.4, -0.2) is 35.3 Å². The van der Waals surface area contributed by atoms with Gasteiger partial charge in [-0.25, -0.2) is 4.98 Å². The topological polar surface area (TPSA) is 59.1 Å². The zero-order valence-corrected chi connectivity index (χ0v) is 11.5. The Morgan fingerprint density at radius 3 is 2.89 bits per heavy atom. The molecule has 6 heteroatoms. The molecule has 0 unspecified atom stereocenters. The summed E-state index contributed by atoms with van der Waals surface area (Å²) in [5.41, 5.74) is 0. The second-order valence-electron chi connectivity index (χ2n) is 4.31. The van der Waals surface area contributed by atoms with E-state index in [1.54, 1.807) is 6.20 Å². The molecule has 1 aliphatic rings. The van der Waals surface area contributed by atoms with Crippen molar-refractivity contribution in [2.24, 2.45) is 0 Å². The van der Waals surface area contributed by atoms with Gasteiger partial charge in [0.25, 0.3) is 0 Å². The monoisotopic (exact) mass is 270 g/mol. The molecule has 5 nitrogen and oxygen atoms in total. The number of rotatable bonds is 6. The van der Waals surface area contributed by atoms with Crippen LogP contribution in [0.15, 0.2) is 6.20 Å². The van der Waals surface area contributed by atoms with E-state index in [1.807, 2.05) is 13.8 Å². The fourth-order valence-corrected chi connectivity index (χ4v) is 2.11. The Balaban J connectivity index is 1.91. The fourth-order valence-electron chi connectivity index (χ4n) is 1.96. The predicted molar refractivity (Wildman–Crippen MR) is 73.3 cm³/mol. The quantitative estimate of drug-likeness (QED) is 0.832. The van der Waals surface area contributed by atoms with Crippen LogP contribution in [0.2, 0.25) is 5.02 Å². The molecular weight excluding hydrogens is 252 g/mol. The summed E-state index contributed by atoms with van der Waals surface area (Å²) < 4.78 is 5.52. The van der Waals surface area contributed by atoms with Crippen LogP contribution in [0.25, 0.3) is 0 Å². The molecule has 1 aliphatic carbocycles. The van der Waals surface area contributed by atoms with Crippen molar-refractivity contribution < 1.29 is 4.74 Å². The molecule has 2 rings (SSSR count). The molecule has 0 radical (unpaired) electrons. The van der Waals surface area contributed by atoms with E-state index in [9.17, 15) is 0 Å². The van der Waals surface area contributed by atoms with Gasteiger partial charge in [-0.3, -0.25) is 0 Å². The van der Waals surface area contributed by atoms with Crippen LogP contribution in [0.5, 0.6) is 0 Å². The van der Waals surface area contributed by atoms with Gasteiger partial charge in [0.05, 0.1) is 12.3 Å². The predicted octanol–water partition coefficient (Wildman–Crippen LogP) is 2.54. The molecule has 0 atom stereocenters. The van der Waals surface area contributed by atoms with Crippen LogP contribution in [0.4, 0.5) is 11.8 Å². The minimum absolute atomic E-state index is 0.376. The number of hydrogen-bond donors (Lipinski definition) is 2. The molecule has 1 aromatic heterocycles. The zero-order valence-electron chi connectivity index (χ0n) is 10.7. The average Bonchev–Trinajstić information content (AvgIpc) is 2.31. The summed E-state index contributed by atoms with van der Waals surface area (Å²) in [7, 11) is 0. The Hall–Kier alpha value is -1.07. The normalized spacial score (nSPS) is 22.4. The molecule has 0 spiro atoms. The van der Waals surface area contributed by atoms with Gasteiger partial charge in [0, 0.05) is 19.2 Å². The summed E-state index contributed by atoms with van der Waals surface area (Å²) in [6, 6.07) is 0.392. The minimum Gasteiger partial charge on any atom is -0.378 e. The average molecular weight is 271 g/mol. The second-order valence-corrected chi connectivity index (χ2v) is 4.72. The van der Waals surface area contributed by atoms with E-state index in [0.717, 1.165) is 26.0 Å². The Morgan fingerprint density at radius 2 is 2.22 bits per heavy atom. The van der Waals surface area contributed by atoms with Gasteiger partial charge in [0.1, 0.15) is 5.02 Å². The molecule has 0 saturated heterocycles. The van der Waals surface area contributed by atoms with Crippen molar-refractivity contribution >= 4 is 23.4 Å². The van der Waals surface area contributed by atoms with Crippen molar-refractivity contribution in [2.75, 3.05) is 23.8 Å². The number of aromatic nitrogens is 2. The number of halogens is 1. The van der Waals surface area contributed by atoms with Crippen molar-refractivity contribution in [3.63, 3.8) is 0 Å². The van der Waals surface area contributed by atoms with Gasteiger partial charge in [0.15, 0.2) is 5.82 Å². The van der Waals surface area contributed by atoms with E-state index in [-0.39, 0.29) is 0 Å². The Kier molecular flexibility index (Phi) is 4.60. The lowest BCUT2D eigenvalue weighted by Crippen LogP contribution is -2.41. The number of anilines is 2. The first-order valence-corrected chi connectivity index (χ1v) is 6.75. The van der Waals surface area contributed by atoms with E-state index < -0.39 is 0 Å². The largest absolute Gasteiger partial charge is 0.378 e. The van der Waals surface area contributed by atoms with Crippen LogP contribution in [0.3, 0.4) is 0 Å². The summed E-state index contributed by atoms with van der Waals surface area (Å²) in [5.74, 6) is 1.30. The third kappa shape index (κ3) is 3.23. The molecule has 0 amide bonds. The summed E-state index contributed by atoms with van der Waals surface area (Å²) in [6.07, 6.45) is 4.00. The van der Waals surface area contributed by atoms with Crippen LogP contribution >= 0.6 is 11.6 Å². The van der Waals surface area contributed by atoms with Gasteiger partial charge in [-0.2, -0.15) is 4.98 Å². The van der Waals surface area contributed by atoms with Crippen molar-refractivity contribution in [1.82, 2.24) is 9.97 Å². The van der Waals surface area contributed by atoms with E-state index in [1.165, 1.54) is 0 Å². The molecule has 1 aromatic rings. The molecular formula is C12H19ClN4O. The SMILES string of the molecule is CCNc1ncc(Cl)c(NC2CC(OCC)C2)n1. The molecule has 0 bridgehead atoms. The lowest BCUT2D eigenvalue weighted by Gasteiger charge is -2.35. The maximum absolute atomic E-state index is 6.07. The Bertz CT molecular complexity index is 396. The van der Waals surface area contributed by atoms with Gasteiger partial charge < -0.3 is 15.4 Å². The Morgan fingerprint density at radius 1 is 1.44 bits per heavy atom. The van der Waals surface area contributed by atoms with Gasteiger partial charge >= 0.3 is 0 Å². The highest BCUT2D eigenvalue weighted by atomic mass is 35.5. The molecule has 1 fully saturated rings. The van der Waals surface area contributed by atoms with E-state index in [4.69, 9.17) is 16.3 Å². The van der Waals surface area contributed by atoms with Crippen LogP contribution in [-0.2, 0) is 4.74 Å². The zero-order chi connectivity index (χ0) is 13.0. The van der Waals surface area contributed by atoms with Gasteiger partial charge in [-0.15, -0.1) is 0 Å². The van der Waals surface area contributed by atoms with Crippen molar-refractivity contribution in [3.05, 3.63) is 11.2 Å². The van der Waals surface area contributed by atoms with E-state index in [0.29, 0.717) is 28.9 Å². The first-order valence-electron chi connectivity index (χ1n) is 6.37. The van der Waals surface area contributed by atoms with Gasteiger partial charge in [-0.05, 0) is 26.7 Å². The smallest absolute Gasteiger partial charge is 0.224 e. The molecule has 1 saturated carbocycles. The molecule has 100 valence electrons. The van der Waals surface area contributed by atoms with Crippen molar-refractivity contribution in [1.29, 1.82) is 0 Å². The van der Waals surface area contributed by atoms with E-state index in [2.05, 4.69) is 20.6 Å². The fraction of sp³-hybridized carbons (Fsp3) is 0.667. The van der Waals surface area contributed by atoms with E-state index >= 15 is 0 Å².